The Labute approximate surface area is 179 Å². The van der Waals surface area contributed by atoms with Gasteiger partial charge in [-0.05, 0) is 46.4 Å². The smallest absolute Gasteiger partial charge is 0.407 e. The molecule has 0 heterocycles. The highest BCUT2D eigenvalue weighted by Gasteiger charge is 2.28. The zero-order valence-corrected chi connectivity index (χ0v) is 17.8. The van der Waals surface area contributed by atoms with E-state index in [1.807, 2.05) is 48.6 Å². The van der Waals surface area contributed by atoms with Gasteiger partial charge in [0.25, 0.3) is 0 Å². The lowest BCUT2D eigenvalue weighted by Gasteiger charge is -2.14. The van der Waals surface area contributed by atoms with Gasteiger partial charge in [-0.2, -0.15) is 0 Å². The molecule has 0 aromatic heterocycles. The van der Waals surface area contributed by atoms with E-state index in [1.165, 1.54) is 27.8 Å². The van der Waals surface area contributed by atoms with Crippen molar-refractivity contribution in [3.8, 4) is 11.1 Å². The Balaban J connectivity index is 1.33. The van der Waals surface area contributed by atoms with E-state index in [2.05, 4.69) is 58.5 Å². The molecule has 0 unspecified atom stereocenters. The van der Waals surface area contributed by atoms with E-state index in [0.717, 1.165) is 10.0 Å². The van der Waals surface area contributed by atoms with Gasteiger partial charge in [-0.15, -0.1) is 0 Å². The number of ether oxygens (including phenoxy) is 1. The van der Waals surface area contributed by atoms with Crippen molar-refractivity contribution in [1.29, 1.82) is 0 Å². The van der Waals surface area contributed by atoms with Crippen molar-refractivity contribution >= 4 is 28.1 Å². The molecule has 0 radical (unpaired) electrons. The number of benzene rings is 3. The summed E-state index contributed by atoms with van der Waals surface area (Å²) in [5.74, 6) is 0.0782. The van der Waals surface area contributed by atoms with Gasteiger partial charge in [0, 0.05) is 16.9 Å². The Kier molecular flexibility index (Phi) is 5.81. The maximum absolute atomic E-state index is 12.2. The molecule has 0 aliphatic heterocycles. The highest BCUT2D eigenvalue weighted by molar-refractivity contribution is 9.10. The van der Waals surface area contributed by atoms with Crippen molar-refractivity contribution in [1.82, 2.24) is 5.32 Å². The summed E-state index contributed by atoms with van der Waals surface area (Å²) in [7, 11) is 0. The maximum atomic E-state index is 12.2. The fourth-order valence-electron chi connectivity index (χ4n) is 3.76. The molecule has 1 aliphatic carbocycles. The Bertz CT molecular complexity index is 1030. The van der Waals surface area contributed by atoms with Crippen LogP contribution in [0, 0.1) is 6.92 Å². The van der Waals surface area contributed by atoms with Crippen LogP contribution < -0.4 is 5.32 Å². The lowest BCUT2D eigenvalue weighted by Crippen LogP contribution is -2.26. The second-order valence-electron chi connectivity index (χ2n) is 7.12. The fourth-order valence-corrected chi connectivity index (χ4v) is 4.00. The summed E-state index contributed by atoms with van der Waals surface area (Å²) in [6.07, 6.45) is 3.51. The summed E-state index contributed by atoms with van der Waals surface area (Å²) >= 11 is 3.50. The number of carbonyl (C=O) groups excluding carboxylic acids is 1. The second-order valence-corrected chi connectivity index (χ2v) is 7.97. The molecule has 0 bridgehead atoms. The molecule has 4 heteroatoms. The number of carbonyl (C=O) groups is 1. The minimum absolute atomic E-state index is 0.0782. The summed E-state index contributed by atoms with van der Waals surface area (Å²) in [5.41, 5.74) is 7.16. The van der Waals surface area contributed by atoms with E-state index in [1.54, 1.807) is 0 Å². The van der Waals surface area contributed by atoms with Crippen LogP contribution in [0.15, 0.2) is 77.3 Å². The average molecular weight is 448 g/mol. The molecular weight excluding hydrogens is 426 g/mol. The van der Waals surface area contributed by atoms with Crippen LogP contribution in [0.3, 0.4) is 0 Å². The van der Waals surface area contributed by atoms with Crippen LogP contribution in [0.1, 0.15) is 28.2 Å². The second kappa shape index (κ2) is 8.66. The van der Waals surface area contributed by atoms with Crippen LogP contribution in [0.25, 0.3) is 17.2 Å². The van der Waals surface area contributed by atoms with E-state index >= 15 is 0 Å². The van der Waals surface area contributed by atoms with Crippen LogP contribution >= 0.6 is 15.9 Å². The molecular formula is C25H22BrNO2. The predicted octanol–water partition coefficient (Wildman–Crippen LogP) is 6.31. The largest absolute Gasteiger partial charge is 0.449 e. The zero-order valence-electron chi connectivity index (χ0n) is 16.2. The van der Waals surface area contributed by atoms with Gasteiger partial charge in [0.05, 0.1) is 0 Å². The molecule has 0 saturated carbocycles. The minimum Gasteiger partial charge on any atom is -0.449 e. The molecule has 4 rings (SSSR count). The first-order chi connectivity index (χ1) is 14.1. The lowest BCUT2D eigenvalue weighted by molar-refractivity contribution is 0.144. The van der Waals surface area contributed by atoms with Crippen LogP contribution in [0.4, 0.5) is 4.79 Å². The standard InChI is InChI=1S/C25H22BrNO2/c1-17-15-18(12-13-24(17)26)7-6-14-27-25(28)29-16-23-21-10-4-2-8-19(21)20-9-3-5-11-22(20)23/h2-13,15,23H,14,16H2,1H3,(H,27,28). The Morgan fingerprint density at radius 3 is 2.34 bits per heavy atom. The third-order valence-electron chi connectivity index (χ3n) is 5.20. The summed E-state index contributed by atoms with van der Waals surface area (Å²) in [6.45, 7) is 2.80. The summed E-state index contributed by atoms with van der Waals surface area (Å²) in [6, 6.07) is 22.8. The first-order valence-electron chi connectivity index (χ1n) is 9.65. The van der Waals surface area contributed by atoms with Crippen molar-refractivity contribution in [3.05, 3.63) is 99.5 Å². The molecule has 3 aromatic carbocycles. The summed E-state index contributed by atoms with van der Waals surface area (Å²) in [4.78, 5) is 12.2. The quantitative estimate of drug-likeness (QED) is 0.497. The van der Waals surface area contributed by atoms with Gasteiger partial charge in [-0.3, -0.25) is 0 Å². The topological polar surface area (TPSA) is 38.3 Å². The van der Waals surface area contributed by atoms with Gasteiger partial charge in [0.2, 0.25) is 0 Å². The lowest BCUT2D eigenvalue weighted by atomic mass is 9.98. The first kappa shape index (κ1) is 19.5. The van der Waals surface area contributed by atoms with Gasteiger partial charge < -0.3 is 10.1 Å². The number of nitrogens with one attached hydrogen (secondary N) is 1. The van der Waals surface area contributed by atoms with E-state index in [-0.39, 0.29) is 5.92 Å². The van der Waals surface area contributed by atoms with Crippen LogP contribution in [-0.4, -0.2) is 19.2 Å². The molecule has 1 amide bonds. The Morgan fingerprint density at radius 1 is 1.03 bits per heavy atom. The fraction of sp³-hybridized carbons (Fsp3) is 0.160. The minimum atomic E-state index is -0.400. The number of amides is 1. The monoisotopic (exact) mass is 447 g/mol. The normalized spacial score (nSPS) is 12.6. The third-order valence-corrected chi connectivity index (χ3v) is 6.09. The molecule has 29 heavy (non-hydrogen) atoms. The Hall–Kier alpha value is -2.85. The van der Waals surface area contributed by atoms with Crippen LogP contribution in [-0.2, 0) is 4.74 Å². The van der Waals surface area contributed by atoms with Gasteiger partial charge in [0.1, 0.15) is 6.61 Å². The summed E-state index contributed by atoms with van der Waals surface area (Å²) < 4.78 is 6.63. The molecule has 1 N–H and O–H groups in total. The predicted molar refractivity (Wildman–Crippen MR) is 121 cm³/mol. The molecule has 0 spiro atoms. The third kappa shape index (κ3) is 4.28. The molecule has 3 aromatic rings. The number of aryl methyl sites for hydroxylation is 1. The SMILES string of the molecule is Cc1cc(C=CCNC(=O)OCC2c3ccccc3-c3ccccc32)ccc1Br. The summed E-state index contributed by atoms with van der Waals surface area (Å²) in [5, 5.41) is 2.79. The van der Waals surface area contributed by atoms with E-state index in [0.29, 0.717) is 13.2 Å². The Morgan fingerprint density at radius 2 is 1.69 bits per heavy atom. The van der Waals surface area contributed by atoms with Crippen LogP contribution in [0.2, 0.25) is 0 Å². The first-order valence-corrected chi connectivity index (χ1v) is 10.4. The van der Waals surface area contributed by atoms with Crippen molar-refractivity contribution in [2.75, 3.05) is 13.2 Å². The van der Waals surface area contributed by atoms with E-state index < -0.39 is 6.09 Å². The number of rotatable bonds is 5. The van der Waals surface area contributed by atoms with Crippen molar-refractivity contribution in [2.45, 2.75) is 12.8 Å². The molecule has 3 nitrogen and oxygen atoms in total. The van der Waals surface area contributed by atoms with Crippen LogP contribution in [0.5, 0.6) is 0 Å². The highest BCUT2D eigenvalue weighted by Crippen LogP contribution is 2.44. The zero-order chi connectivity index (χ0) is 20.2. The molecule has 0 atom stereocenters. The van der Waals surface area contributed by atoms with E-state index in [4.69, 9.17) is 4.74 Å². The van der Waals surface area contributed by atoms with Crippen molar-refractivity contribution in [2.24, 2.45) is 0 Å². The number of fused-ring (bicyclic) bond motifs is 3. The number of hydrogen-bond donors (Lipinski definition) is 1. The maximum Gasteiger partial charge on any atom is 0.407 e. The average Bonchev–Trinajstić information content (AvgIpc) is 3.06. The molecule has 0 saturated heterocycles. The molecule has 146 valence electrons. The molecule has 0 fully saturated rings. The van der Waals surface area contributed by atoms with Crippen molar-refractivity contribution < 1.29 is 9.53 Å². The van der Waals surface area contributed by atoms with Gasteiger partial charge in [0.15, 0.2) is 0 Å². The number of alkyl carbamates (subject to hydrolysis) is 1. The van der Waals surface area contributed by atoms with Gasteiger partial charge in [-0.1, -0.05) is 88.7 Å². The van der Waals surface area contributed by atoms with Gasteiger partial charge >= 0.3 is 6.09 Å². The van der Waals surface area contributed by atoms with Gasteiger partial charge in [-0.25, -0.2) is 4.79 Å². The highest BCUT2D eigenvalue weighted by atomic mass is 79.9. The van der Waals surface area contributed by atoms with Crippen molar-refractivity contribution in [3.63, 3.8) is 0 Å². The number of hydrogen-bond acceptors (Lipinski definition) is 2. The van der Waals surface area contributed by atoms with E-state index in [9.17, 15) is 4.79 Å². The number of halogens is 1. The molecule has 1 aliphatic rings.